The summed E-state index contributed by atoms with van der Waals surface area (Å²) in [4.78, 5) is 0. The summed E-state index contributed by atoms with van der Waals surface area (Å²) in [6.07, 6.45) is 7.80. The molecule has 0 N–H and O–H groups in total. The van der Waals surface area contributed by atoms with Crippen LogP contribution < -0.4 is 0 Å². The van der Waals surface area contributed by atoms with Gasteiger partial charge in [0.15, 0.2) is 12.1 Å². The molecule has 0 radical (unpaired) electrons. The van der Waals surface area contributed by atoms with E-state index >= 15 is 0 Å². The smallest absolute Gasteiger partial charge is 0.168 e. The molecule has 98 valence electrons. The average Bonchev–Trinajstić information content (AvgIpc) is 2.83. The van der Waals surface area contributed by atoms with Crippen molar-refractivity contribution in [2.24, 2.45) is 0 Å². The Morgan fingerprint density at radius 3 is 2.29 bits per heavy atom. The first-order valence-electron chi connectivity index (χ1n) is 6.91. The molecule has 1 atom stereocenters. The number of rotatable bonds is 2. The highest BCUT2D eigenvalue weighted by molar-refractivity contribution is 4.83. The average molecular weight is 242 g/mol. The van der Waals surface area contributed by atoms with Crippen LogP contribution in [0, 0.1) is 0 Å². The summed E-state index contributed by atoms with van der Waals surface area (Å²) in [7, 11) is 0. The maximum atomic E-state index is 6.00. The summed E-state index contributed by atoms with van der Waals surface area (Å²) in [6, 6.07) is 0. The van der Waals surface area contributed by atoms with E-state index in [4.69, 9.17) is 18.9 Å². The van der Waals surface area contributed by atoms with Crippen LogP contribution in [0.4, 0.5) is 0 Å². The summed E-state index contributed by atoms with van der Waals surface area (Å²) in [6.45, 7) is 2.35. The molecule has 1 spiro atoms. The van der Waals surface area contributed by atoms with Gasteiger partial charge in [-0.1, -0.05) is 0 Å². The van der Waals surface area contributed by atoms with E-state index in [1.807, 2.05) is 0 Å². The first kappa shape index (κ1) is 11.9. The summed E-state index contributed by atoms with van der Waals surface area (Å²) < 4.78 is 23.0. The van der Waals surface area contributed by atoms with Gasteiger partial charge in [-0.05, 0) is 32.1 Å². The van der Waals surface area contributed by atoms with Gasteiger partial charge in [0.1, 0.15) is 0 Å². The van der Waals surface area contributed by atoms with Gasteiger partial charge in [0.05, 0.1) is 19.3 Å². The van der Waals surface area contributed by atoms with Crippen molar-refractivity contribution in [1.29, 1.82) is 0 Å². The minimum atomic E-state index is -0.271. The first-order valence-corrected chi connectivity index (χ1v) is 6.91. The lowest BCUT2D eigenvalue weighted by atomic mass is 9.91. The Kier molecular flexibility index (Phi) is 3.66. The maximum absolute atomic E-state index is 6.00. The fourth-order valence-electron chi connectivity index (χ4n) is 2.99. The zero-order valence-corrected chi connectivity index (χ0v) is 10.4. The fraction of sp³-hybridized carbons (Fsp3) is 1.00. The Hall–Kier alpha value is -0.160. The molecule has 0 amide bonds. The molecule has 2 heterocycles. The third-order valence-corrected chi connectivity index (χ3v) is 3.99. The first-order chi connectivity index (χ1) is 8.36. The maximum Gasteiger partial charge on any atom is 0.168 e. The van der Waals surface area contributed by atoms with E-state index in [-0.39, 0.29) is 12.1 Å². The highest BCUT2D eigenvalue weighted by Crippen LogP contribution is 2.37. The van der Waals surface area contributed by atoms with Gasteiger partial charge in [0.2, 0.25) is 0 Å². The molecule has 1 saturated carbocycles. The number of hydrogen-bond acceptors (Lipinski definition) is 4. The van der Waals surface area contributed by atoms with Crippen molar-refractivity contribution >= 4 is 0 Å². The summed E-state index contributed by atoms with van der Waals surface area (Å²) >= 11 is 0. The molecule has 0 aromatic heterocycles. The second-order valence-electron chi connectivity index (χ2n) is 5.24. The molecular formula is C13H22O4. The van der Waals surface area contributed by atoms with Gasteiger partial charge in [-0.25, -0.2) is 0 Å². The molecule has 17 heavy (non-hydrogen) atoms. The molecule has 4 heteroatoms. The number of hydrogen-bond donors (Lipinski definition) is 0. The molecular weight excluding hydrogens is 220 g/mol. The van der Waals surface area contributed by atoms with Crippen molar-refractivity contribution in [2.45, 2.75) is 63.1 Å². The van der Waals surface area contributed by atoms with Gasteiger partial charge >= 0.3 is 0 Å². The molecule has 1 aliphatic carbocycles. The van der Waals surface area contributed by atoms with Crippen LogP contribution in [-0.4, -0.2) is 38.0 Å². The van der Waals surface area contributed by atoms with Crippen LogP contribution in [0.1, 0.15) is 44.9 Å². The lowest BCUT2D eigenvalue weighted by molar-refractivity contribution is -0.227. The second-order valence-corrected chi connectivity index (χ2v) is 5.24. The monoisotopic (exact) mass is 242 g/mol. The Morgan fingerprint density at radius 1 is 0.882 bits per heavy atom. The van der Waals surface area contributed by atoms with Crippen molar-refractivity contribution in [2.75, 3.05) is 19.8 Å². The van der Waals surface area contributed by atoms with Crippen LogP contribution in [0.25, 0.3) is 0 Å². The summed E-state index contributed by atoms with van der Waals surface area (Å²) in [5.41, 5.74) is 0. The van der Waals surface area contributed by atoms with Gasteiger partial charge in [0.25, 0.3) is 0 Å². The van der Waals surface area contributed by atoms with E-state index in [0.717, 1.165) is 51.9 Å². The van der Waals surface area contributed by atoms with Crippen LogP contribution >= 0.6 is 0 Å². The molecule has 3 aliphatic rings. The van der Waals surface area contributed by atoms with Crippen molar-refractivity contribution < 1.29 is 18.9 Å². The van der Waals surface area contributed by atoms with Gasteiger partial charge in [0, 0.05) is 19.4 Å². The minimum Gasteiger partial charge on any atom is -0.353 e. The van der Waals surface area contributed by atoms with Crippen molar-refractivity contribution in [1.82, 2.24) is 0 Å². The Balaban J connectivity index is 1.44. The van der Waals surface area contributed by atoms with E-state index in [1.165, 1.54) is 12.8 Å². The molecule has 0 aromatic carbocycles. The molecule has 0 aromatic rings. The zero-order valence-electron chi connectivity index (χ0n) is 10.4. The van der Waals surface area contributed by atoms with Gasteiger partial charge in [-0.15, -0.1) is 0 Å². The minimum absolute atomic E-state index is 0.0354. The molecule has 2 aliphatic heterocycles. The van der Waals surface area contributed by atoms with Crippen LogP contribution in [0.5, 0.6) is 0 Å². The lowest BCUT2D eigenvalue weighted by Gasteiger charge is -2.37. The molecule has 2 saturated heterocycles. The zero-order chi connectivity index (χ0) is 11.6. The van der Waals surface area contributed by atoms with Crippen LogP contribution in [-0.2, 0) is 18.9 Å². The molecule has 3 fully saturated rings. The predicted molar refractivity (Wildman–Crippen MR) is 61.6 cm³/mol. The Morgan fingerprint density at radius 2 is 1.65 bits per heavy atom. The SMILES string of the molecule is C1CCC(OC2CCC3(CC2)OCCO3)OC1. The topological polar surface area (TPSA) is 36.9 Å². The van der Waals surface area contributed by atoms with Crippen LogP contribution in [0.2, 0.25) is 0 Å². The number of ether oxygens (including phenoxy) is 4. The molecule has 4 nitrogen and oxygen atoms in total. The van der Waals surface area contributed by atoms with E-state index in [0.29, 0.717) is 6.10 Å². The normalized spacial score (nSPS) is 34.2. The van der Waals surface area contributed by atoms with Gasteiger partial charge in [-0.3, -0.25) is 0 Å². The predicted octanol–water partition coefficient (Wildman–Crippen LogP) is 2.22. The van der Waals surface area contributed by atoms with E-state index < -0.39 is 0 Å². The van der Waals surface area contributed by atoms with E-state index in [1.54, 1.807) is 0 Å². The van der Waals surface area contributed by atoms with E-state index in [9.17, 15) is 0 Å². The fourth-order valence-corrected chi connectivity index (χ4v) is 2.99. The van der Waals surface area contributed by atoms with E-state index in [2.05, 4.69) is 0 Å². The molecule has 0 bridgehead atoms. The summed E-state index contributed by atoms with van der Waals surface area (Å²) in [5, 5.41) is 0. The van der Waals surface area contributed by atoms with Gasteiger partial charge < -0.3 is 18.9 Å². The van der Waals surface area contributed by atoms with Crippen LogP contribution in [0.3, 0.4) is 0 Å². The highest BCUT2D eigenvalue weighted by atomic mass is 16.7. The molecule has 1 unspecified atom stereocenters. The second kappa shape index (κ2) is 5.22. The lowest BCUT2D eigenvalue weighted by Crippen LogP contribution is -2.39. The van der Waals surface area contributed by atoms with Crippen molar-refractivity contribution in [3.63, 3.8) is 0 Å². The standard InChI is InChI=1S/C13H22O4/c1-2-8-14-12(3-1)17-11-4-6-13(7-5-11)15-9-10-16-13/h11-12H,1-10H2. The molecule has 3 rings (SSSR count). The Bertz CT molecular complexity index is 234. The third-order valence-electron chi connectivity index (χ3n) is 3.99. The quantitative estimate of drug-likeness (QED) is 0.744. The van der Waals surface area contributed by atoms with Crippen molar-refractivity contribution in [3.8, 4) is 0 Å². The third kappa shape index (κ3) is 2.81. The van der Waals surface area contributed by atoms with Crippen molar-refractivity contribution in [3.05, 3.63) is 0 Å². The highest BCUT2D eigenvalue weighted by Gasteiger charge is 2.41. The largest absolute Gasteiger partial charge is 0.353 e. The Labute approximate surface area is 103 Å². The van der Waals surface area contributed by atoms with Crippen LogP contribution in [0.15, 0.2) is 0 Å². The summed E-state index contributed by atoms with van der Waals surface area (Å²) in [5.74, 6) is -0.271. The van der Waals surface area contributed by atoms with Gasteiger partial charge in [-0.2, -0.15) is 0 Å².